The predicted octanol–water partition coefficient (Wildman–Crippen LogP) is -7.83. The van der Waals surface area contributed by atoms with Crippen LogP contribution in [0.4, 0.5) is 10.6 Å². The van der Waals surface area contributed by atoms with E-state index in [1.54, 1.807) is 10.8 Å². The molecule has 28 N–H and O–H groups in total. The molecule has 0 aromatic carbocycles. The van der Waals surface area contributed by atoms with E-state index in [4.69, 9.17) is 58.1 Å². The molecular weight excluding hydrogens is 1390 g/mol. The average Bonchev–Trinajstić information content (AvgIpc) is 0.853. The number of aliphatic hydroxyl groups excluding tert-OH is 8. The number of halogens is 1. The Hall–Kier alpha value is -7.44. The summed E-state index contributed by atoms with van der Waals surface area (Å²) in [6, 6.07) is -7.87. The number of nitrogens with one attached hydrogen (secondary N) is 8. The normalized spacial score (nSPS) is 23.3. The van der Waals surface area contributed by atoms with Gasteiger partial charge >= 0.3 is 6.09 Å². The average molecular weight is 1480 g/mol. The van der Waals surface area contributed by atoms with Crippen LogP contribution < -0.4 is 71.6 Å². The van der Waals surface area contributed by atoms with Crippen LogP contribution in [0.15, 0.2) is 23.3 Å². The molecule has 8 amide bonds. The van der Waals surface area contributed by atoms with Crippen LogP contribution in [0, 0.1) is 12.8 Å². The van der Waals surface area contributed by atoms with E-state index in [0.717, 1.165) is 44.9 Å². The van der Waals surface area contributed by atoms with Crippen molar-refractivity contribution >= 4 is 88.3 Å². The number of ether oxygens (including phenoxy) is 5. The summed E-state index contributed by atoms with van der Waals surface area (Å²) in [5.41, 5.74) is 33.6. The topological polar surface area (TPSA) is 665 Å². The third kappa shape index (κ3) is 22.8. The SMILES string of the molecule is Cc1c(N)nc([C@H](CC(N)=O)NC[C@H](N)C(N)=O)nc1C(=O)N[C@H](C(=O)N[C@H](C)[C@@H](O)[C@H](C)C(=O)N[C@H](C(=O)NCCc1nc(-c2nc(C(=O)NCCCNCCCCN)cs2)cs1)[C@@H](C)O)[C@@H](O[C@@H]1O[C@@H](CO)[C@@H](O)[C@H](O)[C@@H]1O[C@H]1O[C@H](CO)[C@@H](O)[C@H](OC(N)=O)[C@@H]1O)c1cnc[nH]1.Cl. The molecule has 2 fully saturated rings. The van der Waals surface area contributed by atoms with E-state index < -0.39 is 183 Å². The molecular formula is C57H90ClN19O21S2. The second-order valence-electron chi connectivity index (χ2n) is 23.4. The lowest BCUT2D eigenvalue weighted by atomic mass is 9.96. The molecule has 0 bridgehead atoms. The van der Waals surface area contributed by atoms with Crippen LogP contribution in [-0.2, 0) is 54.1 Å². The van der Waals surface area contributed by atoms with Crippen molar-refractivity contribution in [2.75, 3.05) is 58.2 Å². The van der Waals surface area contributed by atoms with E-state index in [9.17, 15) is 74.4 Å². The van der Waals surface area contributed by atoms with Crippen molar-refractivity contribution < 1.29 is 103 Å². The molecule has 100 heavy (non-hydrogen) atoms. The minimum atomic E-state index is -2.20. The molecule has 43 heteroatoms. The lowest BCUT2D eigenvalue weighted by Crippen LogP contribution is -2.65. The highest BCUT2D eigenvalue weighted by atomic mass is 35.5. The number of amides is 8. The van der Waals surface area contributed by atoms with Crippen LogP contribution in [-0.4, -0.2) is 268 Å². The maximum absolute atomic E-state index is 15.2. The monoisotopic (exact) mass is 1480 g/mol. The minimum Gasteiger partial charge on any atom is -0.441 e. The molecule has 6 heterocycles. The Morgan fingerprint density at radius 3 is 2.08 bits per heavy atom. The van der Waals surface area contributed by atoms with Crippen molar-refractivity contribution in [3.63, 3.8) is 0 Å². The van der Waals surface area contributed by atoms with Crippen LogP contribution in [0.2, 0.25) is 0 Å². The van der Waals surface area contributed by atoms with Gasteiger partial charge < -0.3 is 141 Å². The molecule has 2 aliphatic heterocycles. The molecule has 19 atom stereocenters. The lowest BCUT2D eigenvalue weighted by Gasteiger charge is -2.47. The van der Waals surface area contributed by atoms with E-state index in [-0.39, 0.29) is 66.4 Å². The number of aromatic nitrogens is 6. The minimum absolute atomic E-state index is 0. The molecule has 4 aromatic heterocycles. The first-order valence-corrected chi connectivity index (χ1v) is 33.1. The van der Waals surface area contributed by atoms with Crippen molar-refractivity contribution in [3.8, 4) is 10.7 Å². The summed E-state index contributed by atoms with van der Waals surface area (Å²) in [5, 5.41) is 111. The van der Waals surface area contributed by atoms with E-state index in [2.05, 4.69) is 67.1 Å². The number of nitrogens with zero attached hydrogens (tertiary/aromatic N) is 5. The first-order chi connectivity index (χ1) is 47.0. The number of hydrogen-bond acceptors (Lipinski definition) is 33. The molecule has 2 saturated heterocycles. The Labute approximate surface area is 585 Å². The molecule has 0 unspecified atom stereocenters. The first-order valence-electron chi connectivity index (χ1n) is 31.4. The number of nitrogen functional groups attached to an aromatic ring is 1. The number of rotatable bonds is 39. The van der Waals surface area contributed by atoms with Gasteiger partial charge in [-0.25, -0.2) is 29.7 Å². The Balaban J connectivity index is 0.0000180. The standard InChI is InChI=1S/C57H89N19O21S2.ClH/c1-22-35(73-48(76-46(22)61)27(14-33(60)80)68-15-26(59)47(62)86)52(90)75-37(43(28-16-65-21-69-28)95-56-45(41(84)39(82)31(17-77)94-56)96-55-42(85)44(97-57(63)92)40(83)32(18-78)93-55)53(91)70-24(3)38(81)23(2)49(87)74-36(25(4)79)51(89)67-13-8-34-71-30(20-98-34)54-72-29(19-99-54)50(88)66-12-7-11-64-10-6-5-9-58;/h16,19-21,23-27,31-32,36-45,55-56,64,68,77-79,81-85H,5-15,17-18,58-59H2,1-4H3,(H2,60,80)(H2,62,86)(H2,63,92)(H,65,69)(H,66,88)(H,67,89)(H,70,91)(H,74,87)(H,75,90)(H2,61,73,76);1H/t23-,24+,25+,26-,27-,31-,32+,36-,37-,38-,39+,40+,41-,42-,43-,44-,45-,55+,56-;/m0./s1. The van der Waals surface area contributed by atoms with Crippen LogP contribution in [0.1, 0.15) is 102 Å². The zero-order valence-corrected chi connectivity index (χ0v) is 57.2. The molecule has 558 valence electrons. The fourth-order valence-corrected chi connectivity index (χ4v) is 11.8. The van der Waals surface area contributed by atoms with Gasteiger partial charge in [0.1, 0.15) is 94.6 Å². The quantitative estimate of drug-likeness (QED) is 0.0185. The van der Waals surface area contributed by atoms with E-state index in [1.165, 1.54) is 50.4 Å². The van der Waals surface area contributed by atoms with Crippen LogP contribution in [0.5, 0.6) is 0 Å². The number of primary amides is 3. The van der Waals surface area contributed by atoms with Gasteiger partial charge in [0, 0.05) is 48.8 Å². The maximum Gasteiger partial charge on any atom is 0.404 e. The van der Waals surface area contributed by atoms with Gasteiger partial charge in [0.05, 0.1) is 72.7 Å². The van der Waals surface area contributed by atoms with Crippen LogP contribution >= 0.6 is 35.1 Å². The largest absolute Gasteiger partial charge is 0.441 e. The summed E-state index contributed by atoms with van der Waals surface area (Å²) in [6.45, 7) is 5.29. The Morgan fingerprint density at radius 1 is 0.750 bits per heavy atom. The van der Waals surface area contributed by atoms with E-state index in [0.29, 0.717) is 28.8 Å². The summed E-state index contributed by atoms with van der Waals surface area (Å²) >= 11 is 2.50. The molecule has 0 spiro atoms. The third-order valence-corrected chi connectivity index (χ3v) is 17.7. The summed E-state index contributed by atoms with van der Waals surface area (Å²) in [6.07, 6.45) is -22.5. The molecule has 40 nitrogen and oxygen atoms in total. The second kappa shape index (κ2) is 39.7. The van der Waals surface area contributed by atoms with Gasteiger partial charge in [0.2, 0.25) is 29.5 Å². The first kappa shape index (κ1) is 83.2. The Morgan fingerprint density at radius 2 is 1.44 bits per heavy atom. The number of imidazole rings is 1. The number of carbonyl (C=O) groups is 8. The van der Waals surface area contributed by atoms with Gasteiger partial charge in [-0.3, -0.25) is 33.6 Å². The number of carbonyl (C=O) groups excluding carboxylic acids is 8. The fraction of sp³-hybridized carbons (Fsp3) is 0.632. The number of thiazole rings is 2. The summed E-state index contributed by atoms with van der Waals surface area (Å²) < 4.78 is 28.7. The summed E-state index contributed by atoms with van der Waals surface area (Å²) in [7, 11) is 0. The molecule has 0 aliphatic carbocycles. The number of anilines is 1. The van der Waals surface area contributed by atoms with E-state index in [1.807, 2.05) is 0 Å². The van der Waals surface area contributed by atoms with Crippen molar-refractivity contribution in [1.29, 1.82) is 0 Å². The highest BCUT2D eigenvalue weighted by Gasteiger charge is 2.54. The number of unbranched alkanes of at least 4 members (excludes halogenated alkanes) is 1. The number of aromatic amines is 1. The van der Waals surface area contributed by atoms with Gasteiger partial charge in [0.15, 0.2) is 18.7 Å². The Bertz CT molecular complexity index is 3330. The highest BCUT2D eigenvalue weighted by molar-refractivity contribution is 7.14. The Kier molecular flexibility index (Phi) is 33.0. The number of nitrogens with two attached hydrogens (primary N) is 6. The van der Waals surface area contributed by atoms with Gasteiger partial charge in [-0.05, 0) is 59.7 Å². The molecule has 4 aromatic rings. The lowest BCUT2D eigenvalue weighted by molar-refractivity contribution is -0.372. The summed E-state index contributed by atoms with van der Waals surface area (Å²) in [5.74, 6) is -8.74. The molecule has 6 rings (SSSR count). The predicted molar refractivity (Wildman–Crippen MR) is 353 cm³/mol. The number of hydrogen-bond donors (Lipinski definition) is 22. The zero-order valence-electron chi connectivity index (χ0n) is 54.8. The smallest absolute Gasteiger partial charge is 0.404 e. The third-order valence-electron chi connectivity index (χ3n) is 15.9. The van der Waals surface area contributed by atoms with Gasteiger partial charge in [-0.15, -0.1) is 35.1 Å². The van der Waals surface area contributed by atoms with Gasteiger partial charge in [-0.2, -0.15) is 0 Å². The van der Waals surface area contributed by atoms with Crippen LogP contribution in [0.3, 0.4) is 0 Å². The van der Waals surface area contributed by atoms with Crippen molar-refractivity contribution in [1.82, 2.24) is 67.1 Å². The fourth-order valence-electron chi connectivity index (χ4n) is 10.2. The molecule has 2 aliphatic rings. The van der Waals surface area contributed by atoms with Gasteiger partial charge in [0.25, 0.3) is 11.8 Å². The van der Waals surface area contributed by atoms with Crippen molar-refractivity contribution in [2.45, 2.75) is 170 Å². The molecule has 0 radical (unpaired) electrons. The highest BCUT2D eigenvalue weighted by Crippen LogP contribution is 2.35. The molecule has 0 saturated carbocycles. The number of aliphatic hydroxyl groups is 8. The zero-order chi connectivity index (χ0) is 72.9. The van der Waals surface area contributed by atoms with Crippen LogP contribution in [0.25, 0.3) is 10.7 Å². The van der Waals surface area contributed by atoms with Gasteiger partial charge in [-0.1, -0.05) is 6.92 Å². The summed E-state index contributed by atoms with van der Waals surface area (Å²) in [4.78, 5) is 131. The van der Waals surface area contributed by atoms with Crippen molar-refractivity contribution in [2.24, 2.45) is 34.6 Å². The second-order valence-corrected chi connectivity index (χ2v) is 25.2. The number of H-pyrrole nitrogens is 1. The van der Waals surface area contributed by atoms with Crippen molar-refractivity contribution in [3.05, 3.63) is 56.8 Å². The maximum atomic E-state index is 15.2. The van der Waals surface area contributed by atoms with E-state index >= 15 is 4.79 Å².